The summed E-state index contributed by atoms with van der Waals surface area (Å²) in [7, 11) is 1.75. The first-order chi connectivity index (χ1) is 7.74. The minimum absolute atomic E-state index is 0.500. The first kappa shape index (κ1) is 13.1. The predicted molar refractivity (Wildman–Crippen MR) is 66.2 cm³/mol. The second-order valence-corrected chi connectivity index (χ2v) is 4.37. The van der Waals surface area contributed by atoms with Gasteiger partial charge in [0.15, 0.2) is 0 Å². The van der Waals surface area contributed by atoms with Crippen molar-refractivity contribution in [1.82, 2.24) is 10.3 Å². The molecular weight excluding hydrogens is 200 g/mol. The van der Waals surface area contributed by atoms with E-state index in [-0.39, 0.29) is 0 Å². The summed E-state index contributed by atoms with van der Waals surface area (Å²) in [5.74, 6) is 0.617. The molecule has 90 valence electrons. The SMILES string of the molecule is COCCC(NCc1cccnc1)C(C)C. The summed E-state index contributed by atoms with van der Waals surface area (Å²) in [4.78, 5) is 4.10. The molecule has 0 aliphatic heterocycles. The third-order valence-electron chi connectivity index (χ3n) is 2.73. The fourth-order valence-electron chi connectivity index (χ4n) is 1.67. The van der Waals surface area contributed by atoms with Crippen molar-refractivity contribution in [2.75, 3.05) is 13.7 Å². The fourth-order valence-corrected chi connectivity index (χ4v) is 1.67. The summed E-state index contributed by atoms with van der Waals surface area (Å²) in [6.07, 6.45) is 4.75. The molecule has 3 heteroatoms. The first-order valence-corrected chi connectivity index (χ1v) is 5.85. The van der Waals surface area contributed by atoms with Crippen molar-refractivity contribution in [2.24, 2.45) is 5.92 Å². The Kier molecular flexibility index (Phi) is 6.04. The van der Waals surface area contributed by atoms with Crippen LogP contribution in [0.25, 0.3) is 0 Å². The van der Waals surface area contributed by atoms with Crippen LogP contribution in [0.3, 0.4) is 0 Å². The average Bonchev–Trinajstić information content (AvgIpc) is 2.30. The van der Waals surface area contributed by atoms with Gasteiger partial charge in [0.1, 0.15) is 0 Å². The van der Waals surface area contributed by atoms with Crippen LogP contribution in [0.5, 0.6) is 0 Å². The van der Waals surface area contributed by atoms with Crippen LogP contribution in [0.15, 0.2) is 24.5 Å². The number of nitrogens with zero attached hydrogens (tertiary/aromatic N) is 1. The van der Waals surface area contributed by atoms with Crippen LogP contribution in [0.2, 0.25) is 0 Å². The molecule has 0 fully saturated rings. The molecule has 3 nitrogen and oxygen atoms in total. The summed E-state index contributed by atoms with van der Waals surface area (Å²) in [6, 6.07) is 4.56. The number of pyridine rings is 1. The van der Waals surface area contributed by atoms with E-state index in [4.69, 9.17) is 4.74 Å². The van der Waals surface area contributed by atoms with Gasteiger partial charge in [0.05, 0.1) is 0 Å². The number of ether oxygens (including phenoxy) is 1. The van der Waals surface area contributed by atoms with E-state index >= 15 is 0 Å². The summed E-state index contributed by atoms with van der Waals surface area (Å²) >= 11 is 0. The largest absolute Gasteiger partial charge is 0.385 e. The summed E-state index contributed by atoms with van der Waals surface area (Å²) in [5.41, 5.74) is 1.23. The number of aromatic nitrogens is 1. The van der Waals surface area contributed by atoms with Gasteiger partial charge in [0, 0.05) is 38.7 Å². The van der Waals surface area contributed by atoms with Crippen molar-refractivity contribution >= 4 is 0 Å². The van der Waals surface area contributed by atoms with Gasteiger partial charge in [-0.05, 0) is 24.0 Å². The minimum atomic E-state index is 0.500. The van der Waals surface area contributed by atoms with Gasteiger partial charge in [-0.25, -0.2) is 0 Å². The highest BCUT2D eigenvalue weighted by molar-refractivity contribution is 5.08. The number of rotatable bonds is 7. The molecule has 0 saturated heterocycles. The summed E-state index contributed by atoms with van der Waals surface area (Å²) < 4.78 is 5.12. The van der Waals surface area contributed by atoms with Crippen LogP contribution >= 0.6 is 0 Å². The Labute approximate surface area is 98.2 Å². The third kappa shape index (κ3) is 4.73. The van der Waals surface area contributed by atoms with E-state index in [0.717, 1.165) is 19.6 Å². The van der Waals surface area contributed by atoms with E-state index in [2.05, 4.69) is 30.2 Å². The van der Waals surface area contributed by atoms with Crippen LogP contribution in [-0.2, 0) is 11.3 Å². The van der Waals surface area contributed by atoms with Crippen LogP contribution < -0.4 is 5.32 Å². The molecule has 1 unspecified atom stereocenters. The minimum Gasteiger partial charge on any atom is -0.385 e. The molecule has 0 spiro atoms. The van der Waals surface area contributed by atoms with Gasteiger partial charge < -0.3 is 10.1 Å². The van der Waals surface area contributed by atoms with Crippen molar-refractivity contribution in [3.8, 4) is 0 Å². The Morgan fingerprint density at radius 1 is 1.44 bits per heavy atom. The van der Waals surface area contributed by atoms with Crippen molar-refractivity contribution < 1.29 is 4.74 Å². The van der Waals surface area contributed by atoms with Gasteiger partial charge >= 0.3 is 0 Å². The normalized spacial score (nSPS) is 13.0. The highest BCUT2D eigenvalue weighted by Crippen LogP contribution is 2.07. The molecule has 0 aromatic carbocycles. The van der Waals surface area contributed by atoms with E-state index in [0.29, 0.717) is 12.0 Å². The molecule has 0 aliphatic carbocycles. The molecule has 1 aromatic rings. The second kappa shape index (κ2) is 7.36. The van der Waals surface area contributed by atoms with E-state index in [1.54, 1.807) is 13.3 Å². The highest BCUT2D eigenvalue weighted by Gasteiger charge is 2.11. The number of methoxy groups -OCH3 is 1. The van der Waals surface area contributed by atoms with Gasteiger partial charge in [-0.3, -0.25) is 4.98 Å². The number of hydrogen-bond donors (Lipinski definition) is 1. The molecule has 0 aliphatic rings. The zero-order valence-electron chi connectivity index (χ0n) is 10.4. The van der Waals surface area contributed by atoms with Crippen LogP contribution in [0.1, 0.15) is 25.8 Å². The lowest BCUT2D eigenvalue weighted by Crippen LogP contribution is -2.34. The quantitative estimate of drug-likeness (QED) is 0.768. The monoisotopic (exact) mass is 222 g/mol. The van der Waals surface area contributed by atoms with E-state index in [1.165, 1.54) is 5.56 Å². The van der Waals surface area contributed by atoms with Gasteiger partial charge in [0.2, 0.25) is 0 Å². The van der Waals surface area contributed by atoms with Gasteiger partial charge in [-0.1, -0.05) is 19.9 Å². The van der Waals surface area contributed by atoms with Crippen molar-refractivity contribution in [3.05, 3.63) is 30.1 Å². The molecule has 1 atom stereocenters. The maximum absolute atomic E-state index is 5.12. The molecule has 16 heavy (non-hydrogen) atoms. The Morgan fingerprint density at radius 2 is 2.25 bits per heavy atom. The van der Waals surface area contributed by atoms with Crippen molar-refractivity contribution in [3.63, 3.8) is 0 Å². The molecule has 0 radical (unpaired) electrons. The lowest BCUT2D eigenvalue weighted by atomic mass is 10.0. The standard InChI is InChI=1S/C13H22N2O/c1-11(2)13(6-8-16-3)15-10-12-5-4-7-14-9-12/h4-5,7,9,11,13,15H,6,8,10H2,1-3H3. The lowest BCUT2D eigenvalue weighted by molar-refractivity contribution is 0.173. The zero-order valence-corrected chi connectivity index (χ0v) is 10.4. The molecule has 0 saturated carbocycles. The third-order valence-corrected chi connectivity index (χ3v) is 2.73. The molecule has 1 N–H and O–H groups in total. The fraction of sp³-hybridized carbons (Fsp3) is 0.615. The molecule has 1 aromatic heterocycles. The van der Waals surface area contributed by atoms with Crippen molar-refractivity contribution in [2.45, 2.75) is 32.9 Å². The van der Waals surface area contributed by atoms with Gasteiger partial charge in [-0.15, -0.1) is 0 Å². The summed E-state index contributed by atoms with van der Waals surface area (Å²) in [5, 5.41) is 3.55. The highest BCUT2D eigenvalue weighted by atomic mass is 16.5. The Morgan fingerprint density at radius 3 is 2.81 bits per heavy atom. The van der Waals surface area contributed by atoms with E-state index in [1.807, 2.05) is 12.3 Å². The summed E-state index contributed by atoms with van der Waals surface area (Å²) in [6.45, 7) is 6.15. The Bertz CT molecular complexity index is 275. The number of hydrogen-bond acceptors (Lipinski definition) is 3. The average molecular weight is 222 g/mol. The molecule has 1 rings (SSSR count). The zero-order chi connectivity index (χ0) is 11.8. The predicted octanol–water partition coefficient (Wildman–Crippen LogP) is 2.23. The van der Waals surface area contributed by atoms with E-state index in [9.17, 15) is 0 Å². The Hall–Kier alpha value is -0.930. The Balaban J connectivity index is 2.38. The molecule has 0 amide bonds. The topological polar surface area (TPSA) is 34.1 Å². The second-order valence-electron chi connectivity index (χ2n) is 4.37. The molecule has 0 bridgehead atoms. The van der Waals surface area contributed by atoms with Gasteiger partial charge in [0.25, 0.3) is 0 Å². The van der Waals surface area contributed by atoms with Gasteiger partial charge in [-0.2, -0.15) is 0 Å². The van der Waals surface area contributed by atoms with Crippen LogP contribution in [0, 0.1) is 5.92 Å². The molecular formula is C13H22N2O. The van der Waals surface area contributed by atoms with Crippen molar-refractivity contribution in [1.29, 1.82) is 0 Å². The lowest BCUT2D eigenvalue weighted by Gasteiger charge is -2.22. The molecule has 1 heterocycles. The number of nitrogens with one attached hydrogen (secondary N) is 1. The maximum Gasteiger partial charge on any atom is 0.0477 e. The maximum atomic E-state index is 5.12. The van der Waals surface area contributed by atoms with E-state index < -0.39 is 0 Å². The smallest absolute Gasteiger partial charge is 0.0477 e. The van der Waals surface area contributed by atoms with Crippen LogP contribution in [0.4, 0.5) is 0 Å². The van der Waals surface area contributed by atoms with Crippen LogP contribution in [-0.4, -0.2) is 24.7 Å². The first-order valence-electron chi connectivity index (χ1n) is 5.85.